The Morgan fingerprint density at radius 3 is 2.15 bits per heavy atom. The summed E-state index contributed by atoms with van der Waals surface area (Å²) in [5, 5.41) is 5.35. The second-order valence-corrected chi connectivity index (χ2v) is 8.59. The fraction of sp³-hybridized carbons (Fsp3) is 0.174. The van der Waals surface area contributed by atoms with Crippen LogP contribution < -0.4 is 20.1 Å². The molecule has 3 rings (SSSR count). The second-order valence-electron chi connectivity index (χ2n) is 6.90. The molecule has 2 aromatic carbocycles. The van der Waals surface area contributed by atoms with Crippen LogP contribution in [-0.4, -0.2) is 31.8 Å². The molecule has 9 nitrogen and oxygen atoms in total. The van der Waals surface area contributed by atoms with Gasteiger partial charge in [-0.2, -0.15) is 0 Å². The summed E-state index contributed by atoms with van der Waals surface area (Å²) in [4.78, 5) is 27.4. The number of sulfonamides is 1. The van der Waals surface area contributed by atoms with Gasteiger partial charge in [-0.05, 0) is 61.5 Å². The van der Waals surface area contributed by atoms with Crippen molar-refractivity contribution in [3.8, 4) is 11.6 Å². The van der Waals surface area contributed by atoms with Gasteiger partial charge in [0.05, 0.1) is 10.5 Å². The molecule has 1 heterocycles. The molecule has 2 amide bonds. The largest absolute Gasteiger partial charge is 0.439 e. The molecule has 0 atom stereocenters. The van der Waals surface area contributed by atoms with Gasteiger partial charge in [0, 0.05) is 36.6 Å². The number of amides is 2. The number of aromatic nitrogens is 1. The number of nitrogens with zero attached hydrogens (tertiary/aromatic N) is 1. The molecule has 0 fully saturated rings. The number of ether oxygens (including phenoxy) is 1. The number of hydrogen-bond acceptors (Lipinski definition) is 6. The summed E-state index contributed by atoms with van der Waals surface area (Å²) in [6.45, 7) is 4.09. The van der Waals surface area contributed by atoms with Gasteiger partial charge in [-0.25, -0.2) is 13.4 Å². The topological polar surface area (TPSA) is 126 Å². The maximum absolute atomic E-state index is 12.6. The van der Waals surface area contributed by atoms with Crippen LogP contribution in [0.15, 0.2) is 71.8 Å². The van der Waals surface area contributed by atoms with Gasteiger partial charge in [0.25, 0.3) is 15.9 Å². The molecule has 0 bridgehead atoms. The Labute approximate surface area is 192 Å². The summed E-state index contributed by atoms with van der Waals surface area (Å²) in [5.41, 5.74) is 1.30. The molecule has 0 aliphatic rings. The van der Waals surface area contributed by atoms with E-state index in [1.165, 1.54) is 30.5 Å². The minimum atomic E-state index is -3.81. The lowest BCUT2D eigenvalue weighted by molar-refractivity contribution is -0.115. The van der Waals surface area contributed by atoms with Crippen molar-refractivity contribution in [1.82, 2.24) is 10.3 Å². The number of carbonyl (C=O) groups is 2. The van der Waals surface area contributed by atoms with Gasteiger partial charge < -0.3 is 15.4 Å². The van der Waals surface area contributed by atoms with E-state index in [0.29, 0.717) is 41.5 Å². The van der Waals surface area contributed by atoms with Crippen molar-refractivity contribution in [2.75, 3.05) is 16.6 Å². The standard InChI is InChI=1S/C23H24N4O5S/c1-3-21(28)26-17-8-12-20(13-9-17)33(30,31)27-18-6-10-19(11-7-18)32-22-14-5-16(15-25-22)23(29)24-4-2/h5-15,27H,3-4H2,1-2H3,(H,24,29)(H,26,28). The van der Waals surface area contributed by atoms with Crippen LogP contribution in [0, 0.1) is 0 Å². The number of hydrogen-bond donors (Lipinski definition) is 3. The van der Waals surface area contributed by atoms with Crippen molar-refractivity contribution in [2.24, 2.45) is 0 Å². The van der Waals surface area contributed by atoms with Crippen molar-refractivity contribution in [1.29, 1.82) is 0 Å². The minimum absolute atomic E-state index is 0.0636. The third-order valence-electron chi connectivity index (χ3n) is 4.43. The smallest absolute Gasteiger partial charge is 0.261 e. The molecule has 0 spiro atoms. The number of anilines is 2. The Balaban J connectivity index is 1.62. The number of pyridine rings is 1. The first-order valence-electron chi connectivity index (χ1n) is 10.3. The molecule has 0 saturated heterocycles. The highest BCUT2D eigenvalue weighted by atomic mass is 32.2. The highest BCUT2D eigenvalue weighted by Gasteiger charge is 2.14. The molecule has 3 aromatic rings. The summed E-state index contributed by atoms with van der Waals surface area (Å²) >= 11 is 0. The predicted molar refractivity (Wildman–Crippen MR) is 125 cm³/mol. The van der Waals surface area contributed by atoms with Crippen molar-refractivity contribution in [3.63, 3.8) is 0 Å². The van der Waals surface area contributed by atoms with Gasteiger partial charge in [-0.1, -0.05) is 6.92 Å². The lowest BCUT2D eigenvalue weighted by atomic mass is 10.2. The lowest BCUT2D eigenvalue weighted by Crippen LogP contribution is -2.22. The Kier molecular flexibility index (Phi) is 7.62. The minimum Gasteiger partial charge on any atom is -0.439 e. The van der Waals surface area contributed by atoms with Crippen LogP contribution in [0.1, 0.15) is 30.6 Å². The summed E-state index contributed by atoms with van der Waals surface area (Å²) in [6.07, 6.45) is 1.75. The molecule has 172 valence electrons. The average Bonchev–Trinajstić information content (AvgIpc) is 2.81. The molecule has 33 heavy (non-hydrogen) atoms. The van der Waals surface area contributed by atoms with Crippen molar-refractivity contribution in [2.45, 2.75) is 25.2 Å². The predicted octanol–water partition coefficient (Wildman–Crippen LogP) is 3.77. The molecule has 1 aromatic heterocycles. The van der Waals surface area contributed by atoms with E-state index in [-0.39, 0.29) is 16.7 Å². The van der Waals surface area contributed by atoms with Gasteiger partial charge in [0.15, 0.2) is 0 Å². The summed E-state index contributed by atoms with van der Waals surface area (Å²) in [7, 11) is -3.81. The number of rotatable bonds is 9. The Bertz CT molecular complexity index is 1210. The fourth-order valence-electron chi connectivity index (χ4n) is 2.73. The van der Waals surface area contributed by atoms with Crippen molar-refractivity contribution >= 4 is 33.2 Å². The second kappa shape index (κ2) is 10.6. The van der Waals surface area contributed by atoms with Crippen LogP contribution in [0.3, 0.4) is 0 Å². The SMILES string of the molecule is CCNC(=O)c1ccc(Oc2ccc(NS(=O)(=O)c3ccc(NC(=O)CC)cc3)cc2)nc1. The van der Waals surface area contributed by atoms with Crippen LogP contribution >= 0.6 is 0 Å². The van der Waals surface area contributed by atoms with Gasteiger partial charge in [-0.3, -0.25) is 14.3 Å². The number of nitrogens with one attached hydrogen (secondary N) is 3. The summed E-state index contributed by atoms with van der Waals surface area (Å²) in [6, 6.07) is 15.4. The number of carbonyl (C=O) groups excluding carboxylic acids is 2. The van der Waals surface area contributed by atoms with Gasteiger partial charge >= 0.3 is 0 Å². The van der Waals surface area contributed by atoms with Crippen LogP contribution in [-0.2, 0) is 14.8 Å². The van der Waals surface area contributed by atoms with E-state index >= 15 is 0 Å². The molecule has 0 unspecified atom stereocenters. The van der Waals surface area contributed by atoms with Gasteiger partial charge in [0.2, 0.25) is 11.8 Å². The van der Waals surface area contributed by atoms with E-state index < -0.39 is 10.0 Å². The highest BCUT2D eigenvalue weighted by molar-refractivity contribution is 7.92. The molecule has 3 N–H and O–H groups in total. The average molecular weight is 469 g/mol. The van der Waals surface area contributed by atoms with Crippen LogP contribution in [0.4, 0.5) is 11.4 Å². The fourth-order valence-corrected chi connectivity index (χ4v) is 3.79. The van der Waals surface area contributed by atoms with Crippen molar-refractivity contribution in [3.05, 3.63) is 72.4 Å². The Morgan fingerprint density at radius 1 is 0.909 bits per heavy atom. The van der Waals surface area contributed by atoms with Crippen LogP contribution in [0.25, 0.3) is 0 Å². The molecule has 0 aliphatic heterocycles. The van der Waals surface area contributed by atoms with Crippen molar-refractivity contribution < 1.29 is 22.7 Å². The highest BCUT2D eigenvalue weighted by Crippen LogP contribution is 2.24. The third-order valence-corrected chi connectivity index (χ3v) is 5.83. The Morgan fingerprint density at radius 2 is 1.58 bits per heavy atom. The Hall–Kier alpha value is -3.92. The lowest BCUT2D eigenvalue weighted by Gasteiger charge is -2.10. The zero-order chi connectivity index (χ0) is 23.8. The van der Waals surface area contributed by atoms with E-state index in [9.17, 15) is 18.0 Å². The van der Waals surface area contributed by atoms with E-state index in [0.717, 1.165) is 0 Å². The van der Waals surface area contributed by atoms with E-state index in [4.69, 9.17) is 4.74 Å². The quantitative estimate of drug-likeness (QED) is 0.439. The van der Waals surface area contributed by atoms with Crippen LogP contribution in [0.5, 0.6) is 11.6 Å². The zero-order valence-corrected chi connectivity index (χ0v) is 19.0. The monoisotopic (exact) mass is 468 g/mol. The summed E-state index contributed by atoms with van der Waals surface area (Å²) < 4.78 is 33.4. The normalized spacial score (nSPS) is 10.8. The molecular weight excluding hydrogens is 444 g/mol. The zero-order valence-electron chi connectivity index (χ0n) is 18.2. The molecular formula is C23H24N4O5S. The maximum atomic E-state index is 12.6. The molecule has 0 radical (unpaired) electrons. The third kappa shape index (κ3) is 6.53. The molecule has 10 heteroatoms. The number of benzene rings is 2. The van der Waals surface area contributed by atoms with Gasteiger partial charge in [0.1, 0.15) is 5.75 Å². The summed E-state index contributed by atoms with van der Waals surface area (Å²) in [5.74, 6) is 0.381. The van der Waals surface area contributed by atoms with E-state index in [1.807, 2.05) is 6.92 Å². The first-order valence-corrected chi connectivity index (χ1v) is 11.7. The first kappa shape index (κ1) is 23.7. The molecule has 0 aliphatic carbocycles. The maximum Gasteiger partial charge on any atom is 0.261 e. The van der Waals surface area contributed by atoms with Crippen LogP contribution in [0.2, 0.25) is 0 Å². The molecule has 0 saturated carbocycles. The first-order chi connectivity index (χ1) is 15.8. The van der Waals surface area contributed by atoms with E-state index in [1.54, 1.807) is 43.3 Å². The van der Waals surface area contributed by atoms with E-state index in [2.05, 4.69) is 20.3 Å². The van der Waals surface area contributed by atoms with Gasteiger partial charge in [-0.15, -0.1) is 0 Å².